The second kappa shape index (κ2) is 28.4. The molecule has 0 rings (SSSR count). The topological polar surface area (TPSA) is 18.5 Å². The molecule has 0 aromatic rings. The Bertz CT molecular complexity index is 235. The van der Waals surface area contributed by atoms with Gasteiger partial charge in [-0.15, -0.1) is 0 Å². The molecule has 0 aromatic carbocycles. The Morgan fingerprint density at radius 3 is 1.23 bits per heavy atom. The fraction of sp³-hybridized carbons (Fsp3) is 1.00. The molecular formula is C16H34Cl6HfO2Zr. The number of hydrogen-bond donors (Lipinski definition) is 0. The van der Waals surface area contributed by atoms with Gasteiger partial charge in [-0.3, -0.25) is 0 Å². The summed E-state index contributed by atoms with van der Waals surface area (Å²) in [7, 11) is 12.7. The van der Waals surface area contributed by atoms with Crippen LogP contribution in [0.2, 0.25) is 0 Å². The van der Waals surface area contributed by atoms with Gasteiger partial charge in [-0.25, -0.2) is 0 Å². The molecule has 160 valence electrons. The molecule has 0 amide bonds. The minimum atomic E-state index is -3.76. The Hall–Kier alpha value is 3.41. The van der Waals surface area contributed by atoms with Crippen molar-refractivity contribution in [3.8, 4) is 0 Å². The van der Waals surface area contributed by atoms with Gasteiger partial charge >= 0.3 is 171 Å². The van der Waals surface area contributed by atoms with Crippen LogP contribution in [0.25, 0.3) is 0 Å². The van der Waals surface area contributed by atoms with E-state index < -0.39 is 18.8 Å². The molecule has 0 bridgehead atoms. The monoisotopic (exact) mass is 738 g/mol. The molecule has 26 heavy (non-hydrogen) atoms. The van der Waals surface area contributed by atoms with Crippen molar-refractivity contribution in [1.29, 1.82) is 0 Å². The predicted molar refractivity (Wildman–Crippen MR) is 90.2 cm³/mol. The van der Waals surface area contributed by atoms with Crippen molar-refractivity contribution >= 4 is 17.0 Å². The maximum atomic E-state index is 6.34. The van der Waals surface area contributed by atoms with E-state index in [2.05, 4.69) is 27.7 Å². The normalized spacial score (nSPS) is 12.2. The molecule has 0 aliphatic heterocycles. The maximum absolute atomic E-state index is 6.34. The van der Waals surface area contributed by atoms with Gasteiger partial charge in [0.15, 0.2) is 0 Å². The number of hydrogen-bond acceptors (Lipinski definition) is 2. The van der Waals surface area contributed by atoms with Crippen molar-refractivity contribution in [2.24, 2.45) is 11.8 Å². The van der Waals surface area contributed by atoms with E-state index in [0.717, 1.165) is 12.8 Å². The quantitative estimate of drug-likeness (QED) is 0.166. The summed E-state index contributed by atoms with van der Waals surface area (Å²) in [5.74, 6) is 1.12. The van der Waals surface area contributed by atoms with Gasteiger partial charge < -0.3 is 49.6 Å². The van der Waals surface area contributed by atoms with Gasteiger partial charge in [0.25, 0.3) is 0 Å². The average Bonchev–Trinajstić information content (AvgIpc) is 2.47. The summed E-state index contributed by atoms with van der Waals surface area (Å²) in [6, 6.07) is 0. The molecule has 0 aliphatic carbocycles. The Labute approximate surface area is 218 Å². The number of halogens is 6. The number of rotatable bonds is 14. The molecule has 0 heterocycles. The largest absolute Gasteiger partial charge is 4.00 e. The molecule has 0 aliphatic rings. The molecule has 0 aromatic heterocycles. The zero-order valence-corrected chi connectivity index (χ0v) is 26.9. The summed E-state index contributed by atoms with van der Waals surface area (Å²) in [6.45, 7) is 10.1. The van der Waals surface area contributed by atoms with Crippen LogP contribution in [0.15, 0.2) is 0 Å². The fourth-order valence-electron chi connectivity index (χ4n) is 2.27. The van der Waals surface area contributed by atoms with Crippen LogP contribution in [0.1, 0.15) is 79.1 Å². The van der Waals surface area contributed by atoms with E-state index in [9.17, 15) is 0 Å². The molecule has 2 nitrogen and oxygen atoms in total. The van der Waals surface area contributed by atoms with Gasteiger partial charge in [0, 0.05) is 0 Å². The average molecular weight is 741 g/mol. The standard InChI is InChI=1S/2C8H17O.6ClH.Hf.Zr/c2*1-3-5-6-8(4-2)7-9;;;;;;;;/h2*8H,3-7H2,1-2H3;6*1H;;/q2*-1;;;;;;;2*+4/p-6. The van der Waals surface area contributed by atoms with Crippen LogP contribution in [0.3, 0.4) is 0 Å². The molecule has 0 saturated heterocycles. The van der Waals surface area contributed by atoms with Crippen molar-refractivity contribution in [2.45, 2.75) is 79.1 Å². The second-order valence-corrected chi connectivity index (χ2v) is 16.6. The van der Waals surface area contributed by atoms with Gasteiger partial charge in [0.2, 0.25) is 0 Å². The SMILES string of the molecule is CCCCC(CC)C[O][Zr]([Cl])([Cl])[O]CC(CC)CCCC.[Cl-].[Cl-].[Cl-].[Cl-].[Hf+4]. The third-order valence-corrected chi connectivity index (χ3v) is 9.11. The van der Waals surface area contributed by atoms with Gasteiger partial charge in [-0.2, -0.15) is 0 Å². The van der Waals surface area contributed by atoms with Crippen molar-refractivity contribution < 1.29 is 99.9 Å². The molecule has 2 unspecified atom stereocenters. The first-order valence-corrected chi connectivity index (χ1v) is 17.0. The molecule has 0 saturated carbocycles. The van der Waals surface area contributed by atoms with E-state index in [1.165, 1.54) is 38.5 Å². The minimum Gasteiger partial charge on any atom is -1.00 e. The molecule has 0 spiro atoms. The Morgan fingerprint density at radius 2 is 1.00 bits per heavy atom. The van der Waals surface area contributed by atoms with Crippen LogP contribution in [0, 0.1) is 11.8 Å². The first kappa shape index (κ1) is 43.3. The Morgan fingerprint density at radius 1 is 0.692 bits per heavy atom. The van der Waals surface area contributed by atoms with Crippen molar-refractivity contribution in [2.75, 3.05) is 13.2 Å². The van der Waals surface area contributed by atoms with E-state index in [1.807, 2.05) is 0 Å². The third-order valence-electron chi connectivity index (χ3n) is 4.06. The molecule has 2 atom stereocenters. The summed E-state index contributed by atoms with van der Waals surface area (Å²) in [5.41, 5.74) is 0. The predicted octanol–water partition coefficient (Wildman–Crippen LogP) is -5.24. The van der Waals surface area contributed by atoms with Crippen molar-refractivity contribution in [3.05, 3.63) is 0 Å². The summed E-state index contributed by atoms with van der Waals surface area (Å²) in [6.07, 6.45) is 9.54. The van der Waals surface area contributed by atoms with Crippen LogP contribution in [-0.2, 0) is 50.2 Å². The van der Waals surface area contributed by atoms with Crippen molar-refractivity contribution in [1.82, 2.24) is 0 Å². The smallest absolute Gasteiger partial charge is 1.00 e. The summed E-state index contributed by atoms with van der Waals surface area (Å²) in [4.78, 5) is 0. The Kier molecular flexibility index (Phi) is 47.3. The fourth-order valence-corrected chi connectivity index (χ4v) is 6.08. The molecular weight excluding hydrogens is 707 g/mol. The van der Waals surface area contributed by atoms with Gasteiger partial charge in [0.1, 0.15) is 0 Å². The van der Waals surface area contributed by atoms with E-state index in [4.69, 9.17) is 22.7 Å². The first-order valence-electron chi connectivity index (χ1n) is 8.64. The minimum absolute atomic E-state index is 0. The molecule has 0 fully saturated rings. The van der Waals surface area contributed by atoms with Crippen molar-refractivity contribution in [3.63, 3.8) is 0 Å². The van der Waals surface area contributed by atoms with E-state index in [1.54, 1.807) is 0 Å². The van der Waals surface area contributed by atoms with E-state index in [0.29, 0.717) is 25.0 Å². The molecule has 10 heteroatoms. The summed E-state index contributed by atoms with van der Waals surface area (Å²) >= 11 is -3.76. The summed E-state index contributed by atoms with van der Waals surface area (Å²) < 4.78 is 11.6. The molecule has 0 N–H and O–H groups in total. The van der Waals surface area contributed by atoms with Crippen LogP contribution in [-0.4, -0.2) is 13.2 Å². The summed E-state index contributed by atoms with van der Waals surface area (Å²) in [5, 5.41) is 0. The zero-order chi connectivity index (χ0) is 16.1. The van der Waals surface area contributed by atoms with Gasteiger partial charge in [-0.1, -0.05) is 0 Å². The van der Waals surface area contributed by atoms with Gasteiger partial charge in [0.05, 0.1) is 0 Å². The van der Waals surface area contributed by atoms with Crippen LogP contribution >= 0.6 is 17.0 Å². The van der Waals surface area contributed by atoms with Crippen LogP contribution in [0.4, 0.5) is 0 Å². The van der Waals surface area contributed by atoms with Crippen LogP contribution in [0.5, 0.6) is 0 Å². The second-order valence-electron chi connectivity index (χ2n) is 5.92. The third kappa shape index (κ3) is 25.4. The van der Waals surface area contributed by atoms with Crippen LogP contribution < -0.4 is 49.6 Å². The zero-order valence-electron chi connectivity index (χ0n) is 16.3. The maximum Gasteiger partial charge on any atom is 4.00 e. The molecule has 0 radical (unpaired) electrons. The first-order chi connectivity index (χ1) is 9.99. The van der Waals surface area contributed by atoms with Gasteiger partial charge in [-0.05, 0) is 0 Å². The number of unbranched alkanes of at least 4 members (excludes halogenated alkanes) is 2. The van der Waals surface area contributed by atoms with E-state index in [-0.39, 0.29) is 75.5 Å². The van der Waals surface area contributed by atoms with E-state index >= 15 is 0 Å². The Balaban J connectivity index is -0.000000200.